The first-order valence-corrected chi connectivity index (χ1v) is 9.63. The Kier molecular flexibility index (Phi) is 5.06. The molecule has 0 aliphatic heterocycles. The largest absolute Gasteiger partial charge is 0.497 e. The number of anilines is 2. The SMILES string of the molecule is COc1ccc(-c2csc3ncnc(Nc4cc(C(F)(F)F)ccc4Cl)c23)cc1. The summed E-state index contributed by atoms with van der Waals surface area (Å²) in [7, 11) is 1.59. The normalized spacial score (nSPS) is 11.6. The van der Waals surface area contributed by atoms with Crippen LogP contribution in [0.5, 0.6) is 5.75 Å². The molecule has 0 spiro atoms. The van der Waals surface area contributed by atoms with Gasteiger partial charge in [-0.3, -0.25) is 0 Å². The van der Waals surface area contributed by atoms with E-state index in [0.717, 1.165) is 29.0 Å². The third-order valence-electron chi connectivity index (χ3n) is 4.32. The van der Waals surface area contributed by atoms with Crippen LogP contribution in [-0.4, -0.2) is 17.1 Å². The van der Waals surface area contributed by atoms with Crippen molar-refractivity contribution in [3.63, 3.8) is 0 Å². The number of methoxy groups -OCH3 is 1. The van der Waals surface area contributed by atoms with Gasteiger partial charge in [-0.2, -0.15) is 13.2 Å². The summed E-state index contributed by atoms with van der Waals surface area (Å²) in [5.74, 6) is 1.10. The smallest absolute Gasteiger partial charge is 0.416 e. The Labute approximate surface area is 173 Å². The van der Waals surface area contributed by atoms with E-state index in [1.165, 1.54) is 23.7 Å². The van der Waals surface area contributed by atoms with Crippen molar-refractivity contribution < 1.29 is 17.9 Å². The first kappa shape index (κ1) is 19.5. The van der Waals surface area contributed by atoms with E-state index in [1.54, 1.807) is 7.11 Å². The van der Waals surface area contributed by atoms with Crippen molar-refractivity contribution in [3.8, 4) is 16.9 Å². The van der Waals surface area contributed by atoms with Gasteiger partial charge in [-0.05, 0) is 35.9 Å². The molecule has 1 N–H and O–H groups in total. The summed E-state index contributed by atoms with van der Waals surface area (Å²) in [6.07, 6.45) is -3.11. The number of ether oxygens (including phenoxy) is 1. The second-order valence-electron chi connectivity index (χ2n) is 6.10. The van der Waals surface area contributed by atoms with Gasteiger partial charge in [0.15, 0.2) is 0 Å². The Balaban J connectivity index is 1.80. The van der Waals surface area contributed by atoms with E-state index >= 15 is 0 Å². The molecule has 2 aromatic heterocycles. The zero-order valence-corrected chi connectivity index (χ0v) is 16.5. The van der Waals surface area contributed by atoms with Gasteiger partial charge in [0, 0.05) is 10.9 Å². The van der Waals surface area contributed by atoms with Crippen molar-refractivity contribution in [1.82, 2.24) is 9.97 Å². The Morgan fingerprint density at radius 1 is 1.07 bits per heavy atom. The number of halogens is 4. The van der Waals surface area contributed by atoms with Gasteiger partial charge < -0.3 is 10.1 Å². The van der Waals surface area contributed by atoms with E-state index in [2.05, 4.69) is 15.3 Å². The molecular formula is C20H13ClF3N3OS. The van der Waals surface area contributed by atoms with Crippen molar-refractivity contribution in [1.29, 1.82) is 0 Å². The molecule has 2 aromatic carbocycles. The minimum atomic E-state index is -4.47. The van der Waals surface area contributed by atoms with E-state index in [9.17, 15) is 13.2 Å². The van der Waals surface area contributed by atoms with Crippen LogP contribution in [0.1, 0.15) is 5.56 Å². The van der Waals surface area contributed by atoms with Gasteiger partial charge in [-0.25, -0.2) is 9.97 Å². The van der Waals surface area contributed by atoms with Crippen molar-refractivity contribution in [2.24, 2.45) is 0 Å². The van der Waals surface area contributed by atoms with E-state index in [0.29, 0.717) is 16.0 Å². The minimum absolute atomic E-state index is 0.119. The van der Waals surface area contributed by atoms with Crippen LogP contribution >= 0.6 is 22.9 Å². The molecule has 0 aliphatic rings. The zero-order chi connectivity index (χ0) is 20.6. The lowest BCUT2D eigenvalue weighted by Gasteiger charge is -2.13. The number of benzene rings is 2. The highest BCUT2D eigenvalue weighted by atomic mass is 35.5. The quantitative estimate of drug-likeness (QED) is 0.383. The Hall–Kier alpha value is -2.84. The molecule has 0 unspecified atom stereocenters. The van der Waals surface area contributed by atoms with E-state index < -0.39 is 11.7 Å². The minimum Gasteiger partial charge on any atom is -0.497 e. The first-order valence-electron chi connectivity index (χ1n) is 8.37. The van der Waals surface area contributed by atoms with Crippen LogP contribution in [0.15, 0.2) is 54.2 Å². The molecule has 0 aliphatic carbocycles. The summed E-state index contributed by atoms with van der Waals surface area (Å²) < 4.78 is 44.4. The van der Waals surface area contributed by atoms with Gasteiger partial charge in [0.1, 0.15) is 22.7 Å². The molecule has 4 nitrogen and oxygen atoms in total. The molecule has 9 heteroatoms. The van der Waals surface area contributed by atoms with Crippen LogP contribution in [0.3, 0.4) is 0 Å². The molecule has 2 heterocycles. The molecule has 0 atom stereocenters. The highest BCUT2D eigenvalue weighted by Gasteiger charge is 2.31. The number of aromatic nitrogens is 2. The molecule has 0 bridgehead atoms. The average molecular weight is 436 g/mol. The number of hydrogen-bond donors (Lipinski definition) is 1. The van der Waals surface area contributed by atoms with Gasteiger partial charge in [-0.15, -0.1) is 11.3 Å². The molecule has 0 saturated carbocycles. The van der Waals surface area contributed by atoms with Crippen molar-refractivity contribution in [2.75, 3.05) is 12.4 Å². The highest BCUT2D eigenvalue weighted by Crippen LogP contribution is 2.40. The fourth-order valence-electron chi connectivity index (χ4n) is 2.88. The lowest BCUT2D eigenvalue weighted by Crippen LogP contribution is -2.06. The van der Waals surface area contributed by atoms with Crippen molar-refractivity contribution in [2.45, 2.75) is 6.18 Å². The van der Waals surface area contributed by atoms with E-state index in [-0.39, 0.29) is 10.7 Å². The Morgan fingerprint density at radius 3 is 2.52 bits per heavy atom. The molecule has 4 rings (SSSR count). The third kappa shape index (κ3) is 3.86. The number of nitrogens with one attached hydrogen (secondary N) is 1. The van der Waals surface area contributed by atoms with Gasteiger partial charge in [0.25, 0.3) is 0 Å². The van der Waals surface area contributed by atoms with Crippen LogP contribution < -0.4 is 10.1 Å². The van der Waals surface area contributed by atoms with Crippen molar-refractivity contribution in [3.05, 3.63) is 64.8 Å². The average Bonchev–Trinajstić information content (AvgIpc) is 3.14. The topological polar surface area (TPSA) is 47.0 Å². The maximum absolute atomic E-state index is 13.1. The molecule has 4 aromatic rings. The van der Waals surface area contributed by atoms with Gasteiger partial charge in [0.05, 0.1) is 28.8 Å². The third-order valence-corrected chi connectivity index (χ3v) is 5.53. The maximum Gasteiger partial charge on any atom is 0.416 e. The molecule has 0 fully saturated rings. The Morgan fingerprint density at radius 2 is 1.83 bits per heavy atom. The molecule has 0 radical (unpaired) electrons. The lowest BCUT2D eigenvalue weighted by molar-refractivity contribution is -0.137. The predicted octanol–water partition coefficient (Wildman–Crippen LogP) is 6.78. The van der Waals surface area contributed by atoms with Crippen LogP contribution in [-0.2, 0) is 6.18 Å². The summed E-state index contributed by atoms with van der Waals surface area (Å²) >= 11 is 7.55. The molecule has 0 saturated heterocycles. The van der Waals surface area contributed by atoms with Gasteiger partial charge in [0.2, 0.25) is 0 Å². The summed E-state index contributed by atoms with van der Waals surface area (Å²) in [6.45, 7) is 0. The molecule has 148 valence electrons. The molecule has 0 amide bonds. The van der Waals surface area contributed by atoms with Crippen LogP contribution in [0.4, 0.5) is 24.7 Å². The zero-order valence-electron chi connectivity index (χ0n) is 14.9. The molecule has 29 heavy (non-hydrogen) atoms. The first-order chi connectivity index (χ1) is 13.9. The standard InChI is InChI=1S/C20H13ClF3N3OS/c1-28-13-5-2-11(3-6-13)14-9-29-19-17(14)18(25-10-26-19)27-16-8-12(20(22,23)24)4-7-15(16)21/h2-10H,1H3,(H,25,26,27). The maximum atomic E-state index is 13.1. The number of hydrogen-bond acceptors (Lipinski definition) is 5. The monoisotopic (exact) mass is 435 g/mol. The summed E-state index contributed by atoms with van der Waals surface area (Å²) in [4.78, 5) is 9.22. The van der Waals surface area contributed by atoms with Crippen molar-refractivity contribution >= 4 is 44.7 Å². The molecular weight excluding hydrogens is 423 g/mol. The van der Waals surface area contributed by atoms with Crippen LogP contribution in [0.2, 0.25) is 5.02 Å². The fraction of sp³-hybridized carbons (Fsp3) is 0.100. The summed E-state index contributed by atoms with van der Waals surface area (Å²) in [6, 6.07) is 10.6. The Bertz CT molecular complexity index is 1180. The number of fused-ring (bicyclic) bond motifs is 1. The lowest BCUT2D eigenvalue weighted by atomic mass is 10.1. The van der Waals surface area contributed by atoms with Crippen LogP contribution in [0, 0.1) is 0 Å². The number of nitrogens with zero attached hydrogens (tertiary/aromatic N) is 2. The van der Waals surface area contributed by atoms with Gasteiger partial charge in [-0.1, -0.05) is 23.7 Å². The predicted molar refractivity (Wildman–Crippen MR) is 109 cm³/mol. The number of alkyl halides is 3. The number of rotatable bonds is 4. The number of thiophene rings is 1. The second-order valence-corrected chi connectivity index (χ2v) is 7.36. The van der Waals surface area contributed by atoms with E-state index in [4.69, 9.17) is 16.3 Å². The van der Waals surface area contributed by atoms with Gasteiger partial charge >= 0.3 is 6.18 Å². The van der Waals surface area contributed by atoms with Crippen LogP contribution in [0.25, 0.3) is 21.3 Å². The highest BCUT2D eigenvalue weighted by molar-refractivity contribution is 7.17. The second kappa shape index (κ2) is 7.53. The fourth-order valence-corrected chi connectivity index (χ4v) is 3.96. The summed E-state index contributed by atoms with van der Waals surface area (Å²) in [5.41, 5.74) is 1.09. The summed E-state index contributed by atoms with van der Waals surface area (Å²) in [5, 5.41) is 5.74. The van der Waals surface area contributed by atoms with E-state index in [1.807, 2.05) is 29.6 Å².